The van der Waals surface area contributed by atoms with Crippen molar-refractivity contribution >= 4 is 27.7 Å². The van der Waals surface area contributed by atoms with Crippen molar-refractivity contribution in [2.24, 2.45) is 0 Å². The van der Waals surface area contributed by atoms with E-state index in [4.69, 9.17) is 0 Å². The smallest absolute Gasteiger partial charge is 0.204 e. The minimum absolute atomic E-state index is 0.0815. The molecule has 6 heteroatoms. The third kappa shape index (κ3) is 2.77. The molecule has 2 aromatic carbocycles. The summed E-state index contributed by atoms with van der Waals surface area (Å²) in [6, 6.07) is 17.4. The molecule has 0 saturated heterocycles. The number of benzene rings is 2. The number of rotatable bonds is 4. The Labute approximate surface area is 154 Å². The zero-order valence-electron chi connectivity index (χ0n) is 14.3. The quantitative estimate of drug-likeness (QED) is 0.479. The molecule has 0 fully saturated rings. The zero-order chi connectivity index (χ0) is 18.2. The lowest BCUT2D eigenvalue weighted by atomic mass is 10.1. The molecule has 0 unspecified atom stereocenters. The van der Waals surface area contributed by atoms with Crippen molar-refractivity contribution in [3.05, 3.63) is 78.4 Å². The summed E-state index contributed by atoms with van der Waals surface area (Å²) in [5.74, 6) is 0.179. The maximum atomic E-state index is 12.6. The lowest BCUT2D eigenvalue weighted by Gasteiger charge is -1.97. The van der Waals surface area contributed by atoms with Crippen molar-refractivity contribution in [1.82, 2.24) is 25.1 Å². The molecule has 0 bridgehead atoms. The van der Waals surface area contributed by atoms with E-state index >= 15 is 0 Å². The van der Waals surface area contributed by atoms with E-state index in [-0.39, 0.29) is 11.6 Å². The van der Waals surface area contributed by atoms with Gasteiger partial charge in [-0.15, -0.1) is 0 Å². The molecule has 0 aliphatic carbocycles. The topological polar surface area (TPSA) is 87.3 Å². The van der Waals surface area contributed by atoms with Crippen LogP contribution in [0.15, 0.2) is 67.0 Å². The molecule has 0 aliphatic rings. The van der Waals surface area contributed by atoms with E-state index in [1.165, 1.54) is 0 Å². The van der Waals surface area contributed by atoms with E-state index in [9.17, 15) is 4.79 Å². The minimum atomic E-state index is -0.0815. The molecule has 0 radical (unpaired) electrons. The molecular weight excluding hydrogens is 338 g/mol. The number of Topliss-reactive ketones (excluding diaryl/α,β-unsaturated/α-hetero) is 1. The summed E-state index contributed by atoms with van der Waals surface area (Å²) in [6.45, 7) is 0. The number of carbonyl (C=O) groups excluding carboxylic acids is 1. The first-order valence-electron chi connectivity index (χ1n) is 8.63. The molecule has 0 spiro atoms. The maximum absolute atomic E-state index is 12.6. The number of nitrogens with zero attached hydrogens (tertiary/aromatic N) is 3. The van der Waals surface area contributed by atoms with Crippen LogP contribution in [-0.4, -0.2) is 30.9 Å². The average molecular weight is 353 g/mol. The number of aromatic amines is 2. The van der Waals surface area contributed by atoms with Crippen LogP contribution in [0, 0.1) is 0 Å². The van der Waals surface area contributed by atoms with Crippen LogP contribution in [0.4, 0.5) is 0 Å². The van der Waals surface area contributed by atoms with Crippen molar-refractivity contribution < 1.29 is 4.79 Å². The SMILES string of the molecule is O=C(Cc1ccccc1)c1nc2cc3[nH][nH]c(-c4ccncc4)c3cc2n1. The van der Waals surface area contributed by atoms with E-state index in [0.717, 1.165) is 27.7 Å². The summed E-state index contributed by atoms with van der Waals surface area (Å²) in [4.78, 5) is 25.5. The Balaban J connectivity index is 1.55. The second-order valence-electron chi connectivity index (χ2n) is 6.38. The van der Waals surface area contributed by atoms with Gasteiger partial charge in [-0.25, -0.2) is 9.97 Å². The molecule has 0 saturated carbocycles. The van der Waals surface area contributed by atoms with Crippen LogP contribution < -0.4 is 0 Å². The van der Waals surface area contributed by atoms with Crippen molar-refractivity contribution in [3.8, 4) is 11.3 Å². The summed E-state index contributed by atoms with van der Waals surface area (Å²) in [5, 5.41) is 7.34. The van der Waals surface area contributed by atoms with Gasteiger partial charge in [-0.05, 0) is 29.8 Å². The number of pyridine rings is 1. The van der Waals surface area contributed by atoms with Crippen molar-refractivity contribution in [2.45, 2.75) is 6.42 Å². The van der Waals surface area contributed by atoms with Crippen molar-refractivity contribution in [3.63, 3.8) is 0 Å². The predicted octanol–water partition coefficient (Wildman–Crippen LogP) is 3.93. The molecule has 5 aromatic rings. The summed E-state index contributed by atoms with van der Waals surface area (Å²) in [7, 11) is 0. The largest absolute Gasteiger partial charge is 0.300 e. The summed E-state index contributed by atoms with van der Waals surface area (Å²) in [5.41, 5.74) is 5.26. The van der Waals surface area contributed by atoms with Gasteiger partial charge in [0.25, 0.3) is 0 Å². The zero-order valence-corrected chi connectivity index (χ0v) is 14.3. The molecular formula is C21H15N5O. The standard InChI is InChI=1S/C21H15N5O/c27-19(10-13-4-2-1-3-5-13)21-23-17-11-15-16(12-18(17)24-21)25-26-20(15)14-6-8-22-9-7-14/h1-9,11-12,25-26H,10H2. The fraction of sp³-hybridized carbons (Fsp3) is 0.0476. The van der Waals surface area contributed by atoms with Gasteiger partial charge in [-0.2, -0.15) is 0 Å². The summed E-state index contributed by atoms with van der Waals surface area (Å²) < 4.78 is 0. The number of nitrogens with one attached hydrogen (secondary N) is 2. The van der Waals surface area contributed by atoms with Gasteiger partial charge >= 0.3 is 0 Å². The maximum Gasteiger partial charge on any atom is 0.204 e. The fourth-order valence-corrected chi connectivity index (χ4v) is 3.25. The monoisotopic (exact) mass is 353 g/mol. The number of aromatic nitrogens is 5. The van der Waals surface area contributed by atoms with Crippen molar-refractivity contribution in [1.29, 1.82) is 0 Å². The van der Waals surface area contributed by atoms with Gasteiger partial charge in [0.1, 0.15) is 0 Å². The van der Waals surface area contributed by atoms with Crippen LogP contribution in [0.2, 0.25) is 0 Å². The first kappa shape index (κ1) is 15.5. The number of fused-ring (bicyclic) bond motifs is 2. The highest BCUT2D eigenvalue weighted by atomic mass is 16.1. The molecule has 5 rings (SSSR count). The fourth-order valence-electron chi connectivity index (χ4n) is 3.25. The molecule has 2 N–H and O–H groups in total. The van der Waals surface area contributed by atoms with E-state index in [0.29, 0.717) is 17.5 Å². The number of ketones is 1. The lowest BCUT2D eigenvalue weighted by molar-refractivity contribution is 0.0984. The Hall–Kier alpha value is -3.80. The Morgan fingerprint density at radius 3 is 2.41 bits per heavy atom. The van der Waals surface area contributed by atoms with Crippen LogP contribution >= 0.6 is 0 Å². The van der Waals surface area contributed by atoms with Crippen molar-refractivity contribution in [2.75, 3.05) is 0 Å². The van der Waals surface area contributed by atoms with Gasteiger partial charge < -0.3 is 5.10 Å². The molecule has 6 nitrogen and oxygen atoms in total. The van der Waals surface area contributed by atoms with Crippen LogP contribution in [0.25, 0.3) is 33.2 Å². The number of hydrogen-bond donors (Lipinski definition) is 2. The van der Waals surface area contributed by atoms with Gasteiger partial charge in [0, 0.05) is 29.8 Å². The molecule has 0 aliphatic heterocycles. The normalized spacial score (nSPS) is 11.3. The van der Waals surface area contributed by atoms with Gasteiger partial charge in [0.2, 0.25) is 5.78 Å². The van der Waals surface area contributed by atoms with Crippen LogP contribution in [0.3, 0.4) is 0 Å². The summed E-state index contributed by atoms with van der Waals surface area (Å²) in [6.07, 6.45) is 3.80. The van der Waals surface area contributed by atoms with Gasteiger partial charge in [0.15, 0.2) is 5.82 Å². The van der Waals surface area contributed by atoms with E-state index < -0.39 is 0 Å². The van der Waals surface area contributed by atoms with Gasteiger partial charge in [-0.1, -0.05) is 30.3 Å². The minimum Gasteiger partial charge on any atom is -0.300 e. The molecule has 0 atom stereocenters. The molecule has 0 amide bonds. The number of H-pyrrole nitrogens is 2. The van der Waals surface area contributed by atoms with Gasteiger partial charge in [-0.3, -0.25) is 14.9 Å². The Morgan fingerprint density at radius 1 is 0.889 bits per heavy atom. The highest BCUT2D eigenvalue weighted by Gasteiger charge is 2.16. The average Bonchev–Trinajstić information content (AvgIpc) is 3.31. The Morgan fingerprint density at radius 2 is 1.63 bits per heavy atom. The highest BCUT2D eigenvalue weighted by Crippen LogP contribution is 2.28. The third-order valence-electron chi connectivity index (χ3n) is 4.58. The Kier molecular flexibility index (Phi) is 3.53. The highest BCUT2D eigenvalue weighted by molar-refractivity contribution is 6.03. The van der Waals surface area contributed by atoms with Crippen LogP contribution in [0.5, 0.6) is 0 Å². The first-order chi connectivity index (χ1) is 13.3. The number of carbonyl (C=O) groups is 1. The molecule has 3 aromatic heterocycles. The van der Waals surface area contributed by atoms with E-state index in [2.05, 4.69) is 25.1 Å². The predicted molar refractivity (Wildman–Crippen MR) is 103 cm³/mol. The molecule has 27 heavy (non-hydrogen) atoms. The second-order valence-corrected chi connectivity index (χ2v) is 6.38. The third-order valence-corrected chi connectivity index (χ3v) is 4.58. The van der Waals surface area contributed by atoms with Gasteiger partial charge in [0.05, 0.1) is 22.2 Å². The molecule has 130 valence electrons. The van der Waals surface area contributed by atoms with E-state index in [1.54, 1.807) is 12.4 Å². The number of hydrogen-bond acceptors (Lipinski definition) is 4. The summed E-state index contributed by atoms with van der Waals surface area (Å²) >= 11 is 0. The lowest BCUT2D eigenvalue weighted by Crippen LogP contribution is -2.05. The van der Waals surface area contributed by atoms with Crippen LogP contribution in [0.1, 0.15) is 16.2 Å². The second kappa shape index (κ2) is 6.17. The Bertz CT molecular complexity index is 1260. The molecule has 3 heterocycles. The van der Waals surface area contributed by atoms with E-state index in [1.807, 2.05) is 54.6 Å². The number of imidazole rings is 1. The first-order valence-corrected chi connectivity index (χ1v) is 8.63. The van der Waals surface area contributed by atoms with Crippen LogP contribution in [-0.2, 0) is 6.42 Å².